The van der Waals surface area contributed by atoms with Crippen LogP contribution in [0.3, 0.4) is 0 Å². The van der Waals surface area contributed by atoms with Gasteiger partial charge in [0.25, 0.3) is 0 Å². The highest BCUT2D eigenvalue weighted by Gasteiger charge is 2.07. The Morgan fingerprint density at radius 2 is 1.45 bits per heavy atom. The zero-order valence-corrected chi connectivity index (χ0v) is 13.9. The van der Waals surface area contributed by atoms with Crippen molar-refractivity contribution >= 4 is 0 Å². The second-order valence-electron chi connectivity index (χ2n) is 5.69. The third kappa shape index (κ3) is 5.20. The second-order valence-corrected chi connectivity index (χ2v) is 5.69. The van der Waals surface area contributed by atoms with E-state index in [1.165, 1.54) is 16.7 Å². The molecule has 0 bridgehead atoms. The molecular weight excluding hydrogens is 272 g/mol. The summed E-state index contributed by atoms with van der Waals surface area (Å²) in [4.78, 5) is 13.2. The van der Waals surface area contributed by atoms with E-state index in [4.69, 9.17) is 0 Å². The van der Waals surface area contributed by atoms with Crippen molar-refractivity contribution in [2.45, 2.75) is 33.5 Å². The highest BCUT2D eigenvalue weighted by Crippen LogP contribution is 2.11. The van der Waals surface area contributed by atoms with Crippen LogP contribution in [0, 0.1) is 0 Å². The first-order valence-corrected chi connectivity index (χ1v) is 7.93. The second kappa shape index (κ2) is 8.61. The topological polar surface area (TPSA) is 32.3 Å². The largest absolute Gasteiger partial charge is 0.302 e. The van der Waals surface area contributed by atoms with Gasteiger partial charge in [0.2, 0.25) is 0 Å². The minimum Gasteiger partial charge on any atom is -0.302 e. The van der Waals surface area contributed by atoms with E-state index < -0.39 is 0 Å². The fraction of sp³-hybridized carbons (Fsp3) is 0.444. The summed E-state index contributed by atoms with van der Waals surface area (Å²) in [6.07, 6.45) is 7.65. The van der Waals surface area contributed by atoms with Gasteiger partial charge in [-0.1, -0.05) is 19.9 Å². The Kier molecular flexibility index (Phi) is 6.49. The van der Waals surface area contributed by atoms with Crippen molar-refractivity contribution < 1.29 is 0 Å². The number of hydrogen-bond donors (Lipinski definition) is 0. The molecule has 2 aromatic heterocycles. The first kappa shape index (κ1) is 16.6. The monoisotopic (exact) mass is 298 g/mol. The van der Waals surface area contributed by atoms with Crippen molar-refractivity contribution in [1.82, 2.24) is 19.8 Å². The Morgan fingerprint density at radius 1 is 0.818 bits per heavy atom. The van der Waals surface area contributed by atoms with Crippen LogP contribution in [0.2, 0.25) is 0 Å². The first-order valence-electron chi connectivity index (χ1n) is 7.93. The minimum atomic E-state index is 0.926. The normalized spacial score (nSPS) is 11.3. The molecule has 0 atom stereocenters. The summed E-state index contributed by atoms with van der Waals surface area (Å²) in [5.41, 5.74) is 3.85. The van der Waals surface area contributed by atoms with E-state index in [9.17, 15) is 0 Å². The molecule has 2 aromatic rings. The van der Waals surface area contributed by atoms with Crippen LogP contribution >= 0.6 is 0 Å². The van der Waals surface area contributed by atoms with E-state index >= 15 is 0 Å². The zero-order valence-electron chi connectivity index (χ0n) is 13.9. The maximum absolute atomic E-state index is 4.40. The molecule has 0 aromatic carbocycles. The van der Waals surface area contributed by atoms with Crippen molar-refractivity contribution in [1.29, 1.82) is 0 Å². The molecule has 2 heterocycles. The Labute approximate surface area is 133 Å². The van der Waals surface area contributed by atoms with Crippen molar-refractivity contribution in [3.05, 3.63) is 59.7 Å². The van der Waals surface area contributed by atoms with E-state index in [-0.39, 0.29) is 0 Å². The van der Waals surface area contributed by atoms with Crippen LogP contribution in [0.4, 0.5) is 0 Å². The van der Waals surface area contributed by atoms with Crippen LogP contribution in [0.5, 0.6) is 0 Å². The Hall–Kier alpha value is -1.78. The van der Waals surface area contributed by atoms with E-state index in [0.29, 0.717) is 0 Å². The number of aromatic nitrogens is 2. The van der Waals surface area contributed by atoms with Crippen LogP contribution in [-0.2, 0) is 19.6 Å². The smallest absolute Gasteiger partial charge is 0.0313 e. The minimum absolute atomic E-state index is 0.926. The maximum Gasteiger partial charge on any atom is 0.0313 e. The van der Waals surface area contributed by atoms with E-state index in [2.05, 4.69) is 58.9 Å². The van der Waals surface area contributed by atoms with Gasteiger partial charge in [-0.3, -0.25) is 14.9 Å². The lowest BCUT2D eigenvalue weighted by Crippen LogP contribution is -2.22. The van der Waals surface area contributed by atoms with Gasteiger partial charge in [0.05, 0.1) is 0 Å². The Balaban J connectivity index is 2.00. The molecule has 0 saturated heterocycles. The van der Waals surface area contributed by atoms with Crippen LogP contribution in [0.25, 0.3) is 0 Å². The number of rotatable bonds is 8. The molecule has 4 heteroatoms. The summed E-state index contributed by atoms with van der Waals surface area (Å²) in [5, 5.41) is 0. The molecule has 0 fully saturated rings. The van der Waals surface area contributed by atoms with Crippen molar-refractivity contribution in [2.75, 3.05) is 20.1 Å². The molecule has 0 N–H and O–H groups in total. The first-order chi connectivity index (χ1) is 10.7. The average molecular weight is 298 g/mol. The molecule has 118 valence electrons. The molecule has 22 heavy (non-hydrogen) atoms. The molecule has 2 rings (SSSR count). The maximum atomic E-state index is 4.40. The van der Waals surface area contributed by atoms with Gasteiger partial charge in [-0.2, -0.15) is 0 Å². The van der Waals surface area contributed by atoms with Gasteiger partial charge >= 0.3 is 0 Å². The van der Waals surface area contributed by atoms with Gasteiger partial charge in [0.1, 0.15) is 0 Å². The van der Waals surface area contributed by atoms with Gasteiger partial charge in [-0.25, -0.2) is 0 Å². The predicted octanol–water partition coefficient (Wildman–Crippen LogP) is 2.95. The lowest BCUT2D eigenvalue weighted by Gasteiger charge is -2.21. The Morgan fingerprint density at radius 3 is 2.09 bits per heavy atom. The molecule has 4 nitrogen and oxygen atoms in total. The molecule has 0 spiro atoms. The SMILES string of the molecule is CCN(C)Cc1cncc(CN(CC)Cc2ccncc2)c1. The van der Waals surface area contributed by atoms with Crippen molar-refractivity contribution in [3.8, 4) is 0 Å². The average Bonchev–Trinajstić information content (AvgIpc) is 2.55. The van der Waals surface area contributed by atoms with Crippen molar-refractivity contribution in [2.24, 2.45) is 0 Å². The standard InChI is InChI=1S/C18H26N4/c1-4-21(3)13-17-10-18(12-20-11-17)15-22(5-2)14-16-6-8-19-9-7-16/h6-12H,4-5,13-15H2,1-3H3. The summed E-state index contributed by atoms with van der Waals surface area (Å²) in [6.45, 7) is 9.25. The van der Waals surface area contributed by atoms with E-state index in [1.54, 1.807) is 0 Å². The highest BCUT2D eigenvalue weighted by molar-refractivity contribution is 5.18. The van der Waals surface area contributed by atoms with E-state index in [0.717, 1.165) is 32.7 Å². The molecule has 0 radical (unpaired) electrons. The predicted molar refractivity (Wildman–Crippen MR) is 90.3 cm³/mol. The summed E-state index contributed by atoms with van der Waals surface area (Å²) in [5.74, 6) is 0. The number of nitrogens with zero attached hydrogens (tertiary/aromatic N) is 4. The highest BCUT2D eigenvalue weighted by atomic mass is 15.1. The summed E-state index contributed by atoms with van der Waals surface area (Å²) >= 11 is 0. The van der Waals surface area contributed by atoms with Crippen molar-refractivity contribution in [3.63, 3.8) is 0 Å². The number of hydrogen-bond acceptors (Lipinski definition) is 4. The van der Waals surface area contributed by atoms with Crippen LogP contribution in [0.15, 0.2) is 43.0 Å². The summed E-state index contributed by atoms with van der Waals surface area (Å²) < 4.78 is 0. The lowest BCUT2D eigenvalue weighted by molar-refractivity contribution is 0.270. The summed E-state index contributed by atoms with van der Waals surface area (Å²) in [7, 11) is 2.13. The van der Waals surface area contributed by atoms with Gasteiger partial charge < -0.3 is 4.90 Å². The number of pyridine rings is 2. The fourth-order valence-electron chi connectivity index (χ4n) is 2.42. The van der Waals surface area contributed by atoms with Gasteiger partial charge in [-0.15, -0.1) is 0 Å². The van der Waals surface area contributed by atoms with Gasteiger partial charge in [0, 0.05) is 44.4 Å². The lowest BCUT2D eigenvalue weighted by atomic mass is 10.1. The molecule has 0 saturated carbocycles. The van der Waals surface area contributed by atoms with E-state index in [1.807, 2.05) is 24.8 Å². The van der Waals surface area contributed by atoms with Crippen LogP contribution in [-0.4, -0.2) is 39.9 Å². The molecule has 0 amide bonds. The Bertz CT molecular complexity index is 556. The third-order valence-electron chi connectivity index (χ3n) is 3.85. The van der Waals surface area contributed by atoms with Crippen LogP contribution in [0.1, 0.15) is 30.5 Å². The van der Waals surface area contributed by atoms with Gasteiger partial charge in [-0.05, 0) is 49.0 Å². The molecule has 0 unspecified atom stereocenters. The third-order valence-corrected chi connectivity index (χ3v) is 3.85. The van der Waals surface area contributed by atoms with Gasteiger partial charge in [0.15, 0.2) is 0 Å². The molecule has 0 aliphatic heterocycles. The fourth-order valence-corrected chi connectivity index (χ4v) is 2.42. The molecular formula is C18H26N4. The molecule has 0 aliphatic carbocycles. The van der Waals surface area contributed by atoms with Crippen LogP contribution < -0.4 is 0 Å². The summed E-state index contributed by atoms with van der Waals surface area (Å²) in [6, 6.07) is 6.43. The zero-order chi connectivity index (χ0) is 15.8. The molecule has 0 aliphatic rings. The quantitative estimate of drug-likeness (QED) is 0.750.